The summed E-state index contributed by atoms with van der Waals surface area (Å²) in [7, 11) is 1.45. The summed E-state index contributed by atoms with van der Waals surface area (Å²) >= 11 is 0. The molecule has 7 heteroatoms. The molecule has 152 valence electrons. The normalized spacial score (nSPS) is 11.3. The second-order valence-corrected chi connectivity index (χ2v) is 7.52. The highest BCUT2D eigenvalue weighted by molar-refractivity contribution is 5.96. The fraction of sp³-hybridized carbons (Fsp3) is 0.273. The fourth-order valence-corrected chi connectivity index (χ4v) is 3.05. The largest absolute Gasteiger partial charge is 0.504 e. The summed E-state index contributed by atoms with van der Waals surface area (Å²) in [6, 6.07) is 11.9. The molecule has 0 aliphatic heterocycles. The number of pyridine rings is 1. The highest BCUT2D eigenvalue weighted by Gasteiger charge is 2.23. The second kappa shape index (κ2) is 7.87. The third-order valence-corrected chi connectivity index (χ3v) is 4.44. The van der Waals surface area contributed by atoms with Crippen LogP contribution in [0.4, 0.5) is 5.69 Å². The summed E-state index contributed by atoms with van der Waals surface area (Å²) in [5.41, 5.74) is 8.01. The van der Waals surface area contributed by atoms with E-state index in [0.717, 1.165) is 16.6 Å². The van der Waals surface area contributed by atoms with Crippen LogP contribution in [0.3, 0.4) is 0 Å². The van der Waals surface area contributed by atoms with E-state index >= 15 is 0 Å². The average Bonchev–Trinajstić information content (AvgIpc) is 2.65. The Morgan fingerprint density at radius 3 is 2.66 bits per heavy atom. The molecule has 0 saturated heterocycles. The average molecular weight is 395 g/mol. The molecular formula is C22H25N3O4. The van der Waals surface area contributed by atoms with Crippen molar-refractivity contribution in [2.24, 2.45) is 0 Å². The Morgan fingerprint density at radius 1 is 1.21 bits per heavy atom. The summed E-state index contributed by atoms with van der Waals surface area (Å²) in [6.45, 7) is 5.81. The number of amides is 1. The molecule has 2 aromatic carbocycles. The van der Waals surface area contributed by atoms with Gasteiger partial charge in [-0.25, -0.2) is 0 Å². The number of nitrogen functional groups attached to an aromatic ring is 1. The van der Waals surface area contributed by atoms with Crippen LogP contribution in [-0.4, -0.2) is 35.3 Å². The van der Waals surface area contributed by atoms with Gasteiger partial charge in [0.2, 0.25) is 0 Å². The van der Waals surface area contributed by atoms with Crippen LogP contribution in [0.2, 0.25) is 0 Å². The van der Waals surface area contributed by atoms with Crippen LogP contribution in [0.1, 0.15) is 29.9 Å². The van der Waals surface area contributed by atoms with Crippen molar-refractivity contribution >= 4 is 22.5 Å². The number of aromatic hydroxyl groups is 1. The maximum absolute atomic E-state index is 12.6. The summed E-state index contributed by atoms with van der Waals surface area (Å²) in [6.07, 6.45) is 0. The monoisotopic (exact) mass is 395 g/mol. The molecule has 0 saturated carbocycles. The van der Waals surface area contributed by atoms with E-state index in [1.165, 1.54) is 13.2 Å². The van der Waals surface area contributed by atoms with Gasteiger partial charge in [0, 0.05) is 16.9 Å². The molecule has 3 rings (SSSR count). The number of carbonyl (C=O) groups is 1. The summed E-state index contributed by atoms with van der Waals surface area (Å²) < 4.78 is 11.0. The van der Waals surface area contributed by atoms with Crippen molar-refractivity contribution < 1.29 is 19.4 Å². The molecule has 1 heterocycles. The number of phenolic OH excluding ortho intramolecular Hbond substituents is 1. The first-order valence-electron chi connectivity index (χ1n) is 9.18. The van der Waals surface area contributed by atoms with Gasteiger partial charge in [0.25, 0.3) is 5.91 Å². The Morgan fingerprint density at radius 2 is 1.97 bits per heavy atom. The predicted molar refractivity (Wildman–Crippen MR) is 113 cm³/mol. The van der Waals surface area contributed by atoms with Gasteiger partial charge in [-0.1, -0.05) is 6.07 Å². The molecule has 0 atom stereocenters. The van der Waals surface area contributed by atoms with Gasteiger partial charge in [-0.15, -0.1) is 0 Å². The zero-order valence-electron chi connectivity index (χ0n) is 16.9. The van der Waals surface area contributed by atoms with Gasteiger partial charge >= 0.3 is 0 Å². The van der Waals surface area contributed by atoms with E-state index < -0.39 is 5.54 Å². The van der Waals surface area contributed by atoms with E-state index in [1.807, 2.05) is 39.0 Å². The van der Waals surface area contributed by atoms with Gasteiger partial charge in [-0.2, -0.15) is 0 Å². The van der Waals surface area contributed by atoms with E-state index in [9.17, 15) is 9.90 Å². The highest BCUT2D eigenvalue weighted by atomic mass is 16.5. The minimum absolute atomic E-state index is 0.0942. The number of hydrogen-bond acceptors (Lipinski definition) is 6. The number of nitrogens with one attached hydrogen (secondary N) is 1. The molecule has 3 aromatic rings. The van der Waals surface area contributed by atoms with E-state index in [1.54, 1.807) is 18.2 Å². The number of fused-ring (bicyclic) bond motifs is 1. The SMILES string of the molecule is COc1ccc(C(=O)NC(C)(C)COc2cccc3nc(C)cc(N)c23)cc1O. The van der Waals surface area contributed by atoms with Crippen LogP contribution in [0.15, 0.2) is 42.5 Å². The van der Waals surface area contributed by atoms with Crippen LogP contribution in [0.5, 0.6) is 17.2 Å². The molecule has 7 nitrogen and oxygen atoms in total. The van der Waals surface area contributed by atoms with E-state index in [4.69, 9.17) is 15.2 Å². The Hall–Kier alpha value is -3.48. The van der Waals surface area contributed by atoms with Crippen LogP contribution >= 0.6 is 0 Å². The third-order valence-electron chi connectivity index (χ3n) is 4.44. The first kappa shape index (κ1) is 20.3. The second-order valence-electron chi connectivity index (χ2n) is 7.52. The van der Waals surface area contributed by atoms with Crippen molar-refractivity contribution in [3.63, 3.8) is 0 Å². The number of ether oxygens (including phenoxy) is 2. The maximum Gasteiger partial charge on any atom is 0.251 e. The number of nitrogens with two attached hydrogens (primary N) is 1. The predicted octanol–water partition coefficient (Wildman–Crippen LogP) is 3.43. The summed E-state index contributed by atoms with van der Waals surface area (Å²) in [5.74, 6) is 0.493. The smallest absolute Gasteiger partial charge is 0.251 e. The number of rotatable bonds is 6. The lowest BCUT2D eigenvalue weighted by molar-refractivity contribution is 0.0881. The zero-order chi connectivity index (χ0) is 21.2. The number of methoxy groups -OCH3 is 1. The van der Waals surface area contributed by atoms with Crippen molar-refractivity contribution in [2.45, 2.75) is 26.3 Å². The molecule has 0 unspecified atom stereocenters. The van der Waals surface area contributed by atoms with Gasteiger partial charge in [-0.05, 0) is 57.2 Å². The molecule has 0 bridgehead atoms. The first-order chi connectivity index (χ1) is 13.7. The minimum Gasteiger partial charge on any atom is -0.504 e. The number of hydrogen-bond donors (Lipinski definition) is 3. The molecule has 0 aliphatic carbocycles. The molecule has 0 aliphatic rings. The fourth-order valence-electron chi connectivity index (χ4n) is 3.05. The Labute approximate surface area is 169 Å². The number of anilines is 1. The summed E-state index contributed by atoms with van der Waals surface area (Å²) in [5, 5.41) is 13.6. The lowest BCUT2D eigenvalue weighted by Gasteiger charge is -2.27. The molecule has 1 amide bonds. The van der Waals surface area contributed by atoms with E-state index in [2.05, 4.69) is 10.3 Å². The van der Waals surface area contributed by atoms with Crippen LogP contribution in [0.25, 0.3) is 10.9 Å². The Kier molecular flexibility index (Phi) is 5.50. The Balaban J connectivity index is 1.74. The number of aromatic nitrogens is 1. The number of benzene rings is 2. The molecule has 0 fully saturated rings. The van der Waals surface area contributed by atoms with Gasteiger partial charge in [0.05, 0.1) is 23.6 Å². The summed E-state index contributed by atoms with van der Waals surface area (Å²) in [4.78, 5) is 17.1. The van der Waals surface area contributed by atoms with Crippen molar-refractivity contribution in [2.75, 3.05) is 19.5 Å². The van der Waals surface area contributed by atoms with Gasteiger partial charge in [0.1, 0.15) is 12.4 Å². The lowest BCUT2D eigenvalue weighted by Crippen LogP contribution is -2.47. The molecule has 0 spiro atoms. The molecule has 0 radical (unpaired) electrons. The number of phenols is 1. The van der Waals surface area contributed by atoms with Crippen molar-refractivity contribution in [1.29, 1.82) is 0 Å². The standard InChI is InChI=1S/C22H25N3O4/c1-13-10-15(23)20-16(24-13)6-5-7-19(20)29-12-22(2,3)25-21(27)14-8-9-18(28-4)17(26)11-14/h5-11,26H,12H2,1-4H3,(H2,23,24)(H,25,27). The lowest BCUT2D eigenvalue weighted by atomic mass is 10.1. The molecule has 4 N–H and O–H groups in total. The third kappa shape index (κ3) is 4.51. The quantitative estimate of drug-likeness (QED) is 0.590. The molecule has 1 aromatic heterocycles. The van der Waals surface area contributed by atoms with E-state index in [-0.39, 0.29) is 18.3 Å². The maximum atomic E-state index is 12.6. The van der Waals surface area contributed by atoms with Gasteiger partial charge in [-0.3, -0.25) is 9.78 Å². The van der Waals surface area contributed by atoms with Crippen LogP contribution in [-0.2, 0) is 0 Å². The topological polar surface area (TPSA) is 107 Å². The number of nitrogens with zero attached hydrogens (tertiary/aromatic N) is 1. The zero-order valence-corrected chi connectivity index (χ0v) is 16.9. The molecule has 29 heavy (non-hydrogen) atoms. The first-order valence-corrected chi connectivity index (χ1v) is 9.18. The Bertz CT molecular complexity index is 1060. The van der Waals surface area contributed by atoms with Crippen molar-refractivity contribution in [3.05, 3.63) is 53.7 Å². The van der Waals surface area contributed by atoms with Gasteiger partial charge < -0.3 is 25.6 Å². The minimum atomic E-state index is -0.679. The van der Waals surface area contributed by atoms with Crippen LogP contribution < -0.4 is 20.5 Å². The van der Waals surface area contributed by atoms with Gasteiger partial charge in [0.15, 0.2) is 11.5 Å². The number of aryl methyl sites for hydroxylation is 1. The van der Waals surface area contributed by atoms with Crippen molar-refractivity contribution in [1.82, 2.24) is 10.3 Å². The van der Waals surface area contributed by atoms with Crippen LogP contribution in [0, 0.1) is 6.92 Å². The highest BCUT2D eigenvalue weighted by Crippen LogP contribution is 2.31. The van der Waals surface area contributed by atoms with Crippen molar-refractivity contribution in [3.8, 4) is 17.2 Å². The number of carbonyl (C=O) groups excluding carboxylic acids is 1. The van der Waals surface area contributed by atoms with E-state index in [0.29, 0.717) is 22.7 Å². The molecular weight excluding hydrogens is 370 g/mol.